The first-order valence-corrected chi connectivity index (χ1v) is 7.98. The maximum atomic E-state index is 12.9. The van der Waals surface area contributed by atoms with Crippen molar-refractivity contribution in [3.8, 4) is 0 Å². The van der Waals surface area contributed by atoms with E-state index >= 15 is 0 Å². The minimum Gasteiger partial charge on any atom is -0.481 e. The van der Waals surface area contributed by atoms with Crippen molar-refractivity contribution in [2.24, 2.45) is 5.92 Å². The number of aliphatic carboxylic acids is 1. The van der Waals surface area contributed by atoms with Gasteiger partial charge in [-0.25, -0.2) is 4.39 Å². The summed E-state index contributed by atoms with van der Waals surface area (Å²) in [6, 6.07) is 6.37. The molecule has 0 saturated carbocycles. The molecular formula is C15H16FN3O2S. The molecule has 2 heterocycles. The van der Waals surface area contributed by atoms with Gasteiger partial charge in [-0.05, 0) is 30.5 Å². The Morgan fingerprint density at radius 2 is 1.95 bits per heavy atom. The molecule has 0 unspecified atom stereocenters. The predicted molar refractivity (Wildman–Crippen MR) is 81.7 cm³/mol. The number of nitrogens with zero attached hydrogens (tertiary/aromatic N) is 3. The lowest BCUT2D eigenvalue weighted by atomic mass is 9.98. The summed E-state index contributed by atoms with van der Waals surface area (Å²) >= 11 is 1.51. The second-order valence-corrected chi connectivity index (χ2v) is 6.42. The molecule has 7 heteroatoms. The Morgan fingerprint density at radius 1 is 1.27 bits per heavy atom. The van der Waals surface area contributed by atoms with Gasteiger partial charge in [0.15, 0.2) is 0 Å². The minimum absolute atomic E-state index is 0.247. The third kappa shape index (κ3) is 3.41. The van der Waals surface area contributed by atoms with Gasteiger partial charge in [-0.1, -0.05) is 23.5 Å². The molecule has 1 aliphatic rings. The van der Waals surface area contributed by atoms with E-state index in [1.807, 2.05) is 0 Å². The molecule has 0 amide bonds. The van der Waals surface area contributed by atoms with Crippen molar-refractivity contribution in [3.05, 3.63) is 40.7 Å². The van der Waals surface area contributed by atoms with Gasteiger partial charge in [0.2, 0.25) is 5.13 Å². The van der Waals surface area contributed by atoms with Crippen molar-refractivity contribution in [1.29, 1.82) is 0 Å². The highest BCUT2D eigenvalue weighted by molar-refractivity contribution is 7.15. The van der Waals surface area contributed by atoms with Crippen LogP contribution >= 0.6 is 11.3 Å². The third-order valence-electron chi connectivity index (χ3n) is 3.84. The van der Waals surface area contributed by atoms with Gasteiger partial charge in [-0.2, -0.15) is 0 Å². The second-order valence-electron chi connectivity index (χ2n) is 5.38. The first-order chi connectivity index (χ1) is 10.6. The van der Waals surface area contributed by atoms with Crippen LogP contribution < -0.4 is 4.90 Å². The fourth-order valence-corrected chi connectivity index (χ4v) is 3.46. The SMILES string of the molecule is O=C(O)C1CCN(c2nnc(Cc3ccc(F)cc3)s2)CC1. The highest BCUT2D eigenvalue weighted by Crippen LogP contribution is 2.27. The molecule has 1 fully saturated rings. The van der Waals surface area contributed by atoms with Crippen LogP contribution in [0.25, 0.3) is 0 Å². The maximum Gasteiger partial charge on any atom is 0.306 e. The Bertz CT molecular complexity index is 651. The van der Waals surface area contributed by atoms with Crippen molar-refractivity contribution >= 4 is 22.4 Å². The van der Waals surface area contributed by atoms with Gasteiger partial charge >= 0.3 is 5.97 Å². The number of hydrogen-bond acceptors (Lipinski definition) is 5. The second kappa shape index (κ2) is 6.39. The Morgan fingerprint density at radius 3 is 2.59 bits per heavy atom. The summed E-state index contributed by atoms with van der Waals surface area (Å²) in [5.74, 6) is -1.21. The molecule has 3 rings (SSSR count). The summed E-state index contributed by atoms with van der Waals surface area (Å²) in [6.45, 7) is 1.39. The van der Waals surface area contributed by atoms with E-state index in [0.717, 1.165) is 15.7 Å². The van der Waals surface area contributed by atoms with Crippen molar-refractivity contribution in [1.82, 2.24) is 10.2 Å². The molecule has 1 saturated heterocycles. The number of halogens is 1. The number of benzene rings is 1. The molecule has 0 spiro atoms. The molecule has 0 radical (unpaired) electrons. The maximum absolute atomic E-state index is 12.9. The summed E-state index contributed by atoms with van der Waals surface area (Å²) in [5.41, 5.74) is 0.994. The summed E-state index contributed by atoms with van der Waals surface area (Å²) < 4.78 is 12.9. The third-order valence-corrected chi connectivity index (χ3v) is 4.82. The van der Waals surface area contributed by atoms with Crippen LogP contribution in [-0.2, 0) is 11.2 Å². The number of piperidine rings is 1. The number of carboxylic acid groups (broad SMARTS) is 1. The van der Waals surface area contributed by atoms with Gasteiger partial charge in [0.1, 0.15) is 10.8 Å². The molecule has 0 aliphatic carbocycles. The van der Waals surface area contributed by atoms with Crippen molar-refractivity contribution in [3.63, 3.8) is 0 Å². The average molecular weight is 321 g/mol. The van der Waals surface area contributed by atoms with E-state index in [1.165, 1.54) is 23.5 Å². The van der Waals surface area contributed by atoms with Crippen LogP contribution in [0.1, 0.15) is 23.4 Å². The van der Waals surface area contributed by atoms with Crippen LogP contribution in [0.15, 0.2) is 24.3 Å². The van der Waals surface area contributed by atoms with Gasteiger partial charge in [0.25, 0.3) is 0 Å². The molecule has 116 valence electrons. The summed E-state index contributed by atoms with van der Waals surface area (Å²) in [4.78, 5) is 13.0. The van der Waals surface area contributed by atoms with E-state index in [1.54, 1.807) is 12.1 Å². The van der Waals surface area contributed by atoms with Gasteiger partial charge in [-0.15, -0.1) is 10.2 Å². The normalized spacial score (nSPS) is 16.0. The lowest BCUT2D eigenvalue weighted by Crippen LogP contribution is -2.36. The van der Waals surface area contributed by atoms with Crippen LogP contribution in [-0.4, -0.2) is 34.4 Å². The van der Waals surface area contributed by atoms with Crippen LogP contribution in [0.4, 0.5) is 9.52 Å². The molecule has 1 aromatic heterocycles. The first-order valence-electron chi connectivity index (χ1n) is 7.16. The summed E-state index contributed by atoms with van der Waals surface area (Å²) in [6.07, 6.45) is 1.91. The Hall–Kier alpha value is -2.02. The zero-order chi connectivity index (χ0) is 15.5. The molecule has 0 bridgehead atoms. The van der Waals surface area contributed by atoms with Gasteiger partial charge in [0.05, 0.1) is 5.92 Å². The van der Waals surface area contributed by atoms with Crippen LogP contribution in [0.5, 0.6) is 0 Å². The number of carboxylic acids is 1. The molecule has 22 heavy (non-hydrogen) atoms. The van der Waals surface area contributed by atoms with Gasteiger partial charge in [-0.3, -0.25) is 4.79 Å². The van der Waals surface area contributed by atoms with E-state index in [2.05, 4.69) is 15.1 Å². The molecule has 5 nitrogen and oxygen atoms in total. The Balaban J connectivity index is 1.62. The van der Waals surface area contributed by atoms with Crippen molar-refractivity contribution < 1.29 is 14.3 Å². The van der Waals surface area contributed by atoms with E-state index in [-0.39, 0.29) is 11.7 Å². The molecule has 1 aliphatic heterocycles. The number of anilines is 1. The lowest BCUT2D eigenvalue weighted by Gasteiger charge is -2.29. The number of hydrogen-bond donors (Lipinski definition) is 1. The van der Waals surface area contributed by atoms with Gasteiger partial charge < -0.3 is 10.0 Å². The largest absolute Gasteiger partial charge is 0.481 e. The fourth-order valence-electron chi connectivity index (χ4n) is 2.54. The van der Waals surface area contributed by atoms with E-state index in [0.29, 0.717) is 32.4 Å². The van der Waals surface area contributed by atoms with Crippen molar-refractivity contribution in [2.45, 2.75) is 19.3 Å². The zero-order valence-corrected chi connectivity index (χ0v) is 12.7. The molecule has 1 aromatic carbocycles. The van der Waals surface area contributed by atoms with Crippen LogP contribution in [0.2, 0.25) is 0 Å². The smallest absolute Gasteiger partial charge is 0.306 e. The quantitative estimate of drug-likeness (QED) is 0.937. The average Bonchev–Trinajstić information content (AvgIpc) is 2.98. The lowest BCUT2D eigenvalue weighted by molar-refractivity contribution is -0.142. The van der Waals surface area contributed by atoms with Crippen LogP contribution in [0.3, 0.4) is 0 Å². The summed E-state index contributed by atoms with van der Waals surface area (Å²) in [7, 11) is 0. The fraction of sp³-hybridized carbons (Fsp3) is 0.400. The number of aromatic nitrogens is 2. The van der Waals surface area contributed by atoms with Crippen LogP contribution in [0, 0.1) is 11.7 Å². The first kappa shape index (κ1) is 14.9. The van der Waals surface area contributed by atoms with Gasteiger partial charge in [0, 0.05) is 19.5 Å². The Kier molecular flexibility index (Phi) is 4.33. The Labute approximate surface area is 131 Å². The zero-order valence-electron chi connectivity index (χ0n) is 11.9. The highest BCUT2D eigenvalue weighted by atomic mass is 32.1. The summed E-state index contributed by atoms with van der Waals surface area (Å²) in [5, 5.41) is 19.1. The standard InChI is InChI=1S/C15H16FN3O2S/c16-12-3-1-10(2-4-12)9-13-17-18-15(22-13)19-7-5-11(6-8-19)14(20)21/h1-4,11H,5-9H2,(H,20,21). The molecular weight excluding hydrogens is 305 g/mol. The molecule has 1 N–H and O–H groups in total. The van der Waals surface area contributed by atoms with Crippen molar-refractivity contribution in [2.75, 3.05) is 18.0 Å². The number of rotatable bonds is 4. The van der Waals surface area contributed by atoms with E-state index in [4.69, 9.17) is 5.11 Å². The molecule has 2 aromatic rings. The molecule has 0 atom stereocenters. The monoisotopic (exact) mass is 321 g/mol. The highest BCUT2D eigenvalue weighted by Gasteiger charge is 2.26. The topological polar surface area (TPSA) is 66.3 Å². The van der Waals surface area contributed by atoms with E-state index < -0.39 is 5.97 Å². The van der Waals surface area contributed by atoms with E-state index in [9.17, 15) is 9.18 Å². The predicted octanol–water partition coefficient (Wildman–Crippen LogP) is 2.57. The minimum atomic E-state index is -0.714. The number of carbonyl (C=O) groups is 1.